The Balaban J connectivity index is 2.19. The third kappa shape index (κ3) is 2.69. The molecule has 1 aliphatic rings. The highest BCUT2D eigenvalue weighted by Gasteiger charge is 2.44. The molecule has 1 aromatic carbocycles. The van der Waals surface area contributed by atoms with Gasteiger partial charge in [0.15, 0.2) is 0 Å². The lowest BCUT2D eigenvalue weighted by Gasteiger charge is -2.46. The van der Waals surface area contributed by atoms with Crippen LogP contribution in [0.2, 0.25) is 0 Å². The van der Waals surface area contributed by atoms with E-state index in [2.05, 4.69) is 43.4 Å². The Kier molecular flexibility index (Phi) is 4.61. The zero-order valence-electron chi connectivity index (χ0n) is 12.3. The van der Waals surface area contributed by atoms with Gasteiger partial charge in [-0.05, 0) is 30.5 Å². The molecule has 0 bridgehead atoms. The van der Waals surface area contributed by atoms with Gasteiger partial charge in [-0.15, -0.1) is 0 Å². The van der Waals surface area contributed by atoms with Gasteiger partial charge in [-0.2, -0.15) is 0 Å². The van der Waals surface area contributed by atoms with E-state index in [1.807, 2.05) is 7.05 Å². The molecule has 1 heterocycles. The molecule has 19 heavy (non-hydrogen) atoms. The van der Waals surface area contributed by atoms with Crippen LogP contribution in [0.5, 0.6) is 0 Å². The van der Waals surface area contributed by atoms with Crippen LogP contribution in [-0.2, 0) is 4.74 Å². The van der Waals surface area contributed by atoms with Gasteiger partial charge in [0.25, 0.3) is 0 Å². The van der Waals surface area contributed by atoms with E-state index in [4.69, 9.17) is 10.5 Å². The highest BCUT2D eigenvalue weighted by atomic mass is 16.5. The van der Waals surface area contributed by atoms with E-state index in [1.54, 1.807) is 0 Å². The minimum Gasteiger partial charge on any atom is -0.380 e. The zero-order chi connectivity index (χ0) is 13.9. The lowest BCUT2D eigenvalue weighted by Crippen LogP contribution is -2.55. The van der Waals surface area contributed by atoms with Crippen LogP contribution in [0.15, 0.2) is 24.3 Å². The Morgan fingerprint density at radius 3 is 2.21 bits per heavy atom. The van der Waals surface area contributed by atoms with Crippen molar-refractivity contribution in [3.63, 3.8) is 0 Å². The molecule has 1 aliphatic heterocycles. The minimum atomic E-state index is 0.0621. The quantitative estimate of drug-likeness (QED) is 0.828. The molecule has 3 nitrogen and oxygen atoms in total. The van der Waals surface area contributed by atoms with Gasteiger partial charge < -0.3 is 15.8 Å². The molecular weight excluding hydrogens is 236 g/mol. The summed E-state index contributed by atoms with van der Waals surface area (Å²) in [4.78, 5) is 0. The lowest BCUT2D eigenvalue weighted by molar-refractivity contribution is -0.126. The molecule has 0 saturated carbocycles. The largest absolute Gasteiger partial charge is 0.380 e. The van der Waals surface area contributed by atoms with E-state index in [9.17, 15) is 0 Å². The highest BCUT2D eigenvalue weighted by Crippen LogP contribution is 2.39. The van der Waals surface area contributed by atoms with Crippen molar-refractivity contribution >= 4 is 0 Å². The standard InChI is InChI=1S/C16H26N2O/c1-4-12(2)13-5-7-14(8-6-13)15(18-3)16(9-17)10-19-11-16/h5-8,12,15,18H,4,9-11,17H2,1-3H3. The van der Waals surface area contributed by atoms with Crippen molar-refractivity contribution in [1.29, 1.82) is 0 Å². The van der Waals surface area contributed by atoms with Crippen molar-refractivity contribution in [3.8, 4) is 0 Å². The number of nitrogens with one attached hydrogen (secondary N) is 1. The summed E-state index contributed by atoms with van der Waals surface area (Å²) in [5, 5.41) is 3.41. The van der Waals surface area contributed by atoms with Crippen molar-refractivity contribution in [1.82, 2.24) is 5.32 Å². The molecule has 1 fully saturated rings. The van der Waals surface area contributed by atoms with Crippen molar-refractivity contribution in [2.24, 2.45) is 11.1 Å². The highest BCUT2D eigenvalue weighted by molar-refractivity contribution is 5.29. The van der Waals surface area contributed by atoms with Crippen LogP contribution in [0.3, 0.4) is 0 Å². The van der Waals surface area contributed by atoms with Gasteiger partial charge in [0, 0.05) is 18.0 Å². The summed E-state index contributed by atoms with van der Waals surface area (Å²) in [7, 11) is 2.00. The number of ether oxygens (including phenoxy) is 1. The molecule has 3 N–H and O–H groups in total. The van der Waals surface area contributed by atoms with Crippen LogP contribution in [-0.4, -0.2) is 26.8 Å². The maximum Gasteiger partial charge on any atom is 0.0575 e. The third-order valence-electron chi connectivity index (χ3n) is 4.54. The summed E-state index contributed by atoms with van der Waals surface area (Å²) in [5.74, 6) is 0.623. The van der Waals surface area contributed by atoms with Crippen LogP contribution in [0, 0.1) is 5.41 Å². The van der Waals surface area contributed by atoms with Gasteiger partial charge in [-0.1, -0.05) is 38.1 Å². The minimum absolute atomic E-state index is 0.0621. The molecule has 106 valence electrons. The second-order valence-corrected chi connectivity index (χ2v) is 5.76. The first kappa shape index (κ1) is 14.5. The lowest BCUT2D eigenvalue weighted by atomic mass is 9.75. The van der Waals surface area contributed by atoms with E-state index in [1.165, 1.54) is 17.5 Å². The molecule has 2 atom stereocenters. The van der Waals surface area contributed by atoms with Gasteiger partial charge >= 0.3 is 0 Å². The van der Waals surface area contributed by atoms with E-state index < -0.39 is 0 Å². The number of hydrogen-bond donors (Lipinski definition) is 2. The van der Waals surface area contributed by atoms with E-state index in [0.717, 1.165) is 13.2 Å². The van der Waals surface area contributed by atoms with Gasteiger partial charge in [0.2, 0.25) is 0 Å². The monoisotopic (exact) mass is 262 g/mol. The predicted octanol–water partition coefficient (Wildman–Crippen LogP) is 2.44. The predicted molar refractivity (Wildman–Crippen MR) is 79.3 cm³/mol. The molecular formula is C16H26N2O. The summed E-state index contributed by atoms with van der Waals surface area (Å²) in [5.41, 5.74) is 8.74. The maximum absolute atomic E-state index is 5.96. The summed E-state index contributed by atoms with van der Waals surface area (Å²) < 4.78 is 5.39. The molecule has 3 heteroatoms. The molecule has 0 spiro atoms. The Labute approximate surface area is 116 Å². The smallest absolute Gasteiger partial charge is 0.0575 e. The fraction of sp³-hybridized carbons (Fsp3) is 0.625. The fourth-order valence-corrected chi connectivity index (χ4v) is 2.85. The molecule has 0 aromatic heterocycles. The van der Waals surface area contributed by atoms with Crippen molar-refractivity contribution < 1.29 is 4.74 Å². The molecule has 0 radical (unpaired) electrons. The SMILES string of the molecule is CCC(C)c1ccc(C(NC)C2(CN)COC2)cc1. The number of rotatable bonds is 6. The van der Waals surface area contributed by atoms with E-state index in [0.29, 0.717) is 12.5 Å². The van der Waals surface area contributed by atoms with Crippen LogP contribution in [0.25, 0.3) is 0 Å². The average molecular weight is 262 g/mol. The molecule has 0 aliphatic carbocycles. The van der Waals surface area contributed by atoms with Crippen LogP contribution >= 0.6 is 0 Å². The first-order valence-corrected chi connectivity index (χ1v) is 7.22. The average Bonchev–Trinajstić information content (AvgIpc) is 2.42. The molecule has 1 saturated heterocycles. The molecule has 2 rings (SSSR count). The second kappa shape index (κ2) is 6.04. The van der Waals surface area contributed by atoms with Crippen LogP contribution in [0.4, 0.5) is 0 Å². The topological polar surface area (TPSA) is 47.3 Å². The molecule has 0 amide bonds. The third-order valence-corrected chi connectivity index (χ3v) is 4.54. The summed E-state index contributed by atoms with van der Waals surface area (Å²) in [6.07, 6.45) is 1.18. The van der Waals surface area contributed by atoms with Crippen LogP contribution < -0.4 is 11.1 Å². The van der Waals surface area contributed by atoms with Gasteiger partial charge in [0.05, 0.1) is 13.2 Å². The molecule has 1 aromatic rings. The van der Waals surface area contributed by atoms with E-state index >= 15 is 0 Å². The summed E-state index contributed by atoms with van der Waals surface area (Å²) >= 11 is 0. The van der Waals surface area contributed by atoms with Crippen molar-refractivity contribution in [2.45, 2.75) is 32.2 Å². The maximum atomic E-state index is 5.96. The Hall–Kier alpha value is -0.900. The molecule has 2 unspecified atom stereocenters. The fourth-order valence-electron chi connectivity index (χ4n) is 2.85. The Morgan fingerprint density at radius 1 is 1.26 bits per heavy atom. The number of hydrogen-bond acceptors (Lipinski definition) is 3. The first-order valence-electron chi connectivity index (χ1n) is 7.22. The van der Waals surface area contributed by atoms with Gasteiger partial charge in [-0.25, -0.2) is 0 Å². The number of benzene rings is 1. The summed E-state index contributed by atoms with van der Waals surface area (Å²) in [6.45, 7) is 6.66. The second-order valence-electron chi connectivity index (χ2n) is 5.76. The van der Waals surface area contributed by atoms with Gasteiger partial charge in [0.1, 0.15) is 0 Å². The first-order chi connectivity index (χ1) is 9.16. The van der Waals surface area contributed by atoms with E-state index in [-0.39, 0.29) is 11.5 Å². The number of nitrogens with two attached hydrogens (primary N) is 1. The van der Waals surface area contributed by atoms with Crippen LogP contribution in [0.1, 0.15) is 43.4 Å². The Morgan fingerprint density at radius 2 is 1.84 bits per heavy atom. The zero-order valence-corrected chi connectivity index (χ0v) is 12.3. The van der Waals surface area contributed by atoms with Crippen molar-refractivity contribution in [3.05, 3.63) is 35.4 Å². The normalized spacial score (nSPS) is 20.6. The van der Waals surface area contributed by atoms with Gasteiger partial charge in [-0.3, -0.25) is 0 Å². The Bertz CT molecular complexity index is 392. The summed E-state index contributed by atoms with van der Waals surface area (Å²) in [6, 6.07) is 9.24. The van der Waals surface area contributed by atoms with Crippen molar-refractivity contribution in [2.75, 3.05) is 26.8 Å².